The molecule has 7 aromatic rings. The summed E-state index contributed by atoms with van der Waals surface area (Å²) in [4.78, 5) is 0. The topological polar surface area (TPSA) is 4.93 Å². The summed E-state index contributed by atoms with van der Waals surface area (Å²) in [5, 5.41) is 2.63. The van der Waals surface area contributed by atoms with Gasteiger partial charge in [-0.3, -0.25) is 0 Å². The molecule has 1 aromatic heterocycles. The van der Waals surface area contributed by atoms with E-state index in [2.05, 4.69) is 161 Å². The summed E-state index contributed by atoms with van der Waals surface area (Å²) in [7, 11) is 0. The van der Waals surface area contributed by atoms with Crippen LogP contribution in [0.15, 0.2) is 121 Å². The molecule has 0 radical (unpaired) electrons. The van der Waals surface area contributed by atoms with Gasteiger partial charge in [-0.1, -0.05) is 133 Å². The fraction of sp³-hybridized carbons (Fsp3) is 0.182. The number of aromatic nitrogens is 1. The smallest absolute Gasteiger partial charge is 0.0498 e. The third-order valence-electron chi connectivity index (χ3n) is 9.33. The van der Waals surface area contributed by atoms with Crippen LogP contribution in [0.3, 0.4) is 0 Å². The van der Waals surface area contributed by atoms with Gasteiger partial charge in [0.2, 0.25) is 0 Å². The monoisotopic (exact) mass is 583 g/mol. The fourth-order valence-electron chi connectivity index (χ4n) is 6.63. The zero-order valence-electron chi connectivity index (χ0n) is 27.1. The highest BCUT2D eigenvalue weighted by atomic mass is 15.0. The quantitative estimate of drug-likeness (QED) is 0.176. The van der Waals surface area contributed by atoms with Crippen molar-refractivity contribution >= 4 is 21.8 Å². The van der Waals surface area contributed by atoms with Crippen LogP contribution in [0.25, 0.3) is 66.3 Å². The molecule has 0 unspecified atom stereocenters. The van der Waals surface area contributed by atoms with Crippen molar-refractivity contribution in [2.24, 2.45) is 0 Å². The molecule has 1 nitrogen and oxygen atoms in total. The minimum absolute atomic E-state index is 0.991. The van der Waals surface area contributed by atoms with Crippen molar-refractivity contribution in [2.75, 3.05) is 0 Å². The summed E-state index contributed by atoms with van der Waals surface area (Å²) in [6.45, 7) is 11.9. The molecular formula is C44H41N. The average Bonchev–Trinajstić information content (AvgIpc) is 3.35. The second kappa shape index (κ2) is 11.9. The van der Waals surface area contributed by atoms with Crippen molar-refractivity contribution in [3.8, 4) is 44.5 Å². The van der Waals surface area contributed by atoms with Crippen molar-refractivity contribution < 1.29 is 0 Å². The maximum Gasteiger partial charge on any atom is 0.0498 e. The van der Waals surface area contributed by atoms with E-state index in [9.17, 15) is 0 Å². The first-order valence-corrected chi connectivity index (χ1v) is 16.3. The molecule has 222 valence electrons. The molecule has 45 heavy (non-hydrogen) atoms. The van der Waals surface area contributed by atoms with Crippen LogP contribution in [0.1, 0.15) is 42.0 Å². The van der Waals surface area contributed by atoms with E-state index in [0.717, 1.165) is 19.4 Å². The molecular weight excluding hydrogens is 542 g/mol. The first-order valence-electron chi connectivity index (χ1n) is 16.3. The van der Waals surface area contributed by atoms with Crippen molar-refractivity contribution in [3.05, 3.63) is 144 Å². The highest BCUT2D eigenvalue weighted by Crippen LogP contribution is 2.43. The number of hydrogen-bond donors (Lipinski definition) is 0. The Balaban J connectivity index is 1.59. The van der Waals surface area contributed by atoms with Crippen molar-refractivity contribution in [1.82, 2.24) is 4.57 Å². The number of hydrogen-bond acceptors (Lipinski definition) is 0. The SMILES string of the molecule is CCCCn1c2cc(-c3ccc(C)cc3)c(-c3ccc(C)cc3)cc2c2cc(-c3ccc(C)cc3)c(-c3ccc(C)cc3)cc21. The fourth-order valence-corrected chi connectivity index (χ4v) is 6.63. The highest BCUT2D eigenvalue weighted by Gasteiger charge is 2.19. The van der Waals surface area contributed by atoms with E-state index in [1.165, 1.54) is 88.6 Å². The lowest BCUT2D eigenvalue weighted by atomic mass is 9.90. The second-order valence-corrected chi connectivity index (χ2v) is 12.8. The van der Waals surface area contributed by atoms with Gasteiger partial charge in [0.05, 0.1) is 0 Å². The molecule has 1 heteroatoms. The van der Waals surface area contributed by atoms with Gasteiger partial charge in [0, 0.05) is 28.4 Å². The van der Waals surface area contributed by atoms with E-state index < -0.39 is 0 Å². The van der Waals surface area contributed by atoms with Crippen LogP contribution >= 0.6 is 0 Å². The first-order chi connectivity index (χ1) is 21.9. The van der Waals surface area contributed by atoms with Crippen LogP contribution in [-0.4, -0.2) is 4.57 Å². The Kier molecular flexibility index (Phi) is 7.63. The zero-order chi connectivity index (χ0) is 31.1. The number of nitrogens with zero attached hydrogens (tertiary/aromatic N) is 1. The van der Waals surface area contributed by atoms with Gasteiger partial charge < -0.3 is 4.57 Å². The summed E-state index contributed by atoms with van der Waals surface area (Å²) in [5.41, 5.74) is 17.9. The molecule has 0 saturated heterocycles. The number of unbranched alkanes of at least 4 members (excludes halogenated alkanes) is 1. The number of aryl methyl sites for hydroxylation is 5. The predicted molar refractivity (Wildman–Crippen MR) is 195 cm³/mol. The Morgan fingerprint density at radius 2 is 0.689 bits per heavy atom. The second-order valence-electron chi connectivity index (χ2n) is 12.8. The van der Waals surface area contributed by atoms with Crippen LogP contribution in [-0.2, 0) is 6.54 Å². The lowest BCUT2D eigenvalue weighted by Crippen LogP contribution is -1.98. The van der Waals surface area contributed by atoms with Crippen LogP contribution < -0.4 is 0 Å². The number of rotatable bonds is 7. The molecule has 0 N–H and O–H groups in total. The van der Waals surface area contributed by atoms with Gasteiger partial charge in [0.1, 0.15) is 0 Å². The third kappa shape index (κ3) is 5.49. The molecule has 0 aliphatic heterocycles. The molecule has 0 aliphatic carbocycles. The zero-order valence-corrected chi connectivity index (χ0v) is 27.1. The van der Waals surface area contributed by atoms with Crippen LogP contribution in [0, 0.1) is 27.7 Å². The molecule has 0 fully saturated rings. The predicted octanol–water partition coefficient (Wildman–Crippen LogP) is 12.5. The van der Waals surface area contributed by atoms with Crippen molar-refractivity contribution in [1.29, 1.82) is 0 Å². The summed E-state index contributed by atoms with van der Waals surface area (Å²) in [5.74, 6) is 0. The summed E-state index contributed by atoms with van der Waals surface area (Å²) in [6, 6.07) is 45.9. The van der Waals surface area contributed by atoms with Gasteiger partial charge >= 0.3 is 0 Å². The summed E-state index contributed by atoms with van der Waals surface area (Å²) in [6.07, 6.45) is 2.29. The van der Waals surface area contributed by atoms with Crippen LogP contribution in [0.5, 0.6) is 0 Å². The maximum atomic E-state index is 2.58. The highest BCUT2D eigenvalue weighted by molar-refractivity contribution is 6.14. The molecule has 7 rings (SSSR count). The van der Waals surface area contributed by atoms with Crippen LogP contribution in [0.2, 0.25) is 0 Å². The largest absolute Gasteiger partial charge is 0.340 e. The van der Waals surface area contributed by atoms with Gasteiger partial charge in [0.25, 0.3) is 0 Å². The van der Waals surface area contributed by atoms with Gasteiger partial charge in [0.15, 0.2) is 0 Å². The normalized spacial score (nSPS) is 11.5. The van der Waals surface area contributed by atoms with E-state index in [4.69, 9.17) is 0 Å². The Labute approximate surface area is 267 Å². The molecule has 0 amide bonds. The Hall–Kier alpha value is -4.88. The summed E-state index contributed by atoms with van der Waals surface area (Å²) < 4.78 is 2.58. The maximum absolute atomic E-state index is 2.58. The molecule has 6 aromatic carbocycles. The van der Waals surface area contributed by atoms with E-state index in [0.29, 0.717) is 0 Å². The van der Waals surface area contributed by atoms with E-state index in [1.807, 2.05) is 0 Å². The Morgan fingerprint density at radius 3 is 0.978 bits per heavy atom. The summed E-state index contributed by atoms with van der Waals surface area (Å²) >= 11 is 0. The number of fused-ring (bicyclic) bond motifs is 3. The lowest BCUT2D eigenvalue weighted by Gasteiger charge is -2.14. The molecule has 1 heterocycles. The molecule has 0 aliphatic rings. The van der Waals surface area contributed by atoms with Crippen LogP contribution in [0.4, 0.5) is 0 Å². The molecule has 0 saturated carbocycles. The van der Waals surface area contributed by atoms with Gasteiger partial charge in [-0.2, -0.15) is 0 Å². The third-order valence-corrected chi connectivity index (χ3v) is 9.33. The standard InChI is InChI=1S/C44H41N/c1-6-7-24-45-43-27-39(35-20-12-31(4)13-21-35)37(33-16-8-29(2)9-17-33)25-41(43)42-26-38(34-18-10-30(3)11-19-34)40(28-44(42)45)36-22-14-32(5)15-23-36/h8-23,25-28H,6-7,24H2,1-5H3. The van der Waals surface area contributed by atoms with Gasteiger partial charge in [-0.25, -0.2) is 0 Å². The minimum Gasteiger partial charge on any atom is -0.340 e. The number of benzene rings is 6. The van der Waals surface area contributed by atoms with E-state index in [-0.39, 0.29) is 0 Å². The van der Waals surface area contributed by atoms with E-state index >= 15 is 0 Å². The van der Waals surface area contributed by atoms with Gasteiger partial charge in [-0.15, -0.1) is 0 Å². The molecule has 0 spiro atoms. The first kappa shape index (κ1) is 28.9. The van der Waals surface area contributed by atoms with E-state index in [1.54, 1.807) is 0 Å². The Morgan fingerprint density at radius 1 is 0.400 bits per heavy atom. The average molecular weight is 584 g/mol. The Bertz CT molecular complexity index is 1970. The molecule has 0 bridgehead atoms. The van der Waals surface area contributed by atoms with Gasteiger partial charge in [-0.05, 0) is 103 Å². The van der Waals surface area contributed by atoms with Crippen molar-refractivity contribution in [3.63, 3.8) is 0 Å². The lowest BCUT2D eigenvalue weighted by molar-refractivity contribution is 0.665. The molecule has 0 atom stereocenters. The van der Waals surface area contributed by atoms with Crippen molar-refractivity contribution in [2.45, 2.75) is 54.0 Å². The minimum atomic E-state index is 0.991.